The predicted molar refractivity (Wildman–Crippen MR) is 141 cm³/mol. The monoisotopic (exact) mass is 509 g/mol. The highest BCUT2D eigenvalue weighted by atomic mass is 32.1. The summed E-state index contributed by atoms with van der Waals surface area (Å²) in [7, 11) is 1.91. The summed E-state index contributed by atoms with van der Waals surface area (Å²) in [6.45, 7) is 10.3. The summed E-state index contributed by atoms with van der Waals surface area (Å²) < 4.78 is 1.37. The minimum atomic E-state index is -0.412. The third-order valence-corrected chi connectivity index (χ3v) is 7.22. The van der Waals surface area contributed by atoms with Gasteiger partial charge < -0.3 is 15.5 Å². The number of aromatic nitrogens is 4. The zero-order valence-electron chi connectivity index (χ0n) is 21.6. The van der Waals surface area contributed by atoms with Gasteiger partial charge in [-0.2, -0.15) is 9.67 Å². The van der Waals surface area contributed by atoms with Gasteiger partial charge in [-0.1, -0.05) is 52.0 Å². The molecule has 1 fully saturated rings. The lowest BCUT2D eigenvalue weighted by atomic mass is 9.84. The Bertz CT molecular complexity index is 1200. The van der Waals surface area contributed by atoms with Gasteiger partial charge >= 0.3 is 5.91 Å². The number of carbonyl (C=O) groups is 2. The number of likely N-dealkylation sites (tertiary alicyclic amines) is 1. The molecule has 1 amide bonds. The van der Waals surface area contributed by atoms with Crippen LogP contribution < -0.4 is 10.6 Å². The Kier molecular flexibility index (Phi) is 7.56. The van der Waals surface area contributed by atoms with E-state index in [1.165, 1.54) is 16.0 Å². The smallest absolute Gasteiger partial charge is 0.300 e. The second-order valence-electron chi connectivity index (χ2n) is 10.6. The molecule has 1 aromatic carbocycles. The fourth-order valence-electron chi connectivity index (χ4n) is 4.60. The van der Waals surface area contributed by atoms with E-state index in [4.69, 9.17) is 15.8 Å². The van der Waals surface area contributed by atoms with Gasteiger partial charge in [0.25, 0.3) is 0 Å². The van der Waals surface area contributed by atoms with E-state index in [1.807, 2.05) is 61.9 Å². The maximum absolute atomic E-state index is 13.3. The second kappa shape index (κ2) is 10.5. The van der Waals surface area contributed by atoms with Crippen molar-refractivity contribution in [1.82, 2.24) is 24.6 Å². The summed E-state index contributed by atoms with van der Waals surface area (Å²) in [6.07, 6.45) is 0.752. The highest BCUT2D eigenvalue weighted by Gasteiger charge is 2.36. The van der Waals surface area contributed by atoms with Crippen LogP contribution in [0.25, 0.3) is 0 Å². The molecular weight excluding hydrogens is 474 g/mol. The summed E-state index contributed by atoms with van der Waals surface area (Å²) >= 11 is 1.37. The fourth-order valence-corrected chi connectivity index (χ4v) is 5.13. The van der Waals surface area contributed by atoms with Crippen LogP contribution in [-0.2, 0) is 17.9 Å². The van der Waals surface area contributed by atoms with Crippen LogP contribution in [0.1, 0.15) is 67.5 Å². The Hall–Kier alpha value is -3.11. The Morgan fingerprint density at radius 2 is 1.89 bits per heavy atom. The largest absolute Gasteiger partial charge is 0.342 e. The topological polar surface area (TPSA) is 110 Å². The maximum Gasteiger partial charge on any atom is 0.300 e. The SMILES string of the molecule is CC1CN(C(=O)C(C)(C)C)CCC1c1nc(N(C)Cc2ccc(CN)cc2)n(C(=O)c2cscn2)n1. The molecule has 0 aliphatic carbocycles. The van der Waals surface area contributed by atoms with E-state index in [1.54, 1.807) is 10.9 Å². The van der Waals surface area contributed by atoms with Crippen molar-refractivity contribution in [2.45, 2.75) is 53.1 Å². The molecule has 9 nitrogen and oxygen atoms in total. The molecule has 3 aromatic rings. The van der Waals surface area contributed by atoms with Crippen LogP contribution in [0.5, 0.6) is 0 Å². The third-order valence-electron chi connectivity index (χ3n) is 6.64. The highest BCUT2D eigenvalue weighted by molar-refractivity contribution is 7.07. The number of rotatable bonds is 6. The molecule has 0 saturated carbocycles. The molecule has 1 aliphatic heterocycles. The number of nitrogens with two attached hydrogens (primary N) is 1. The van der Waals surface area contributed by atoms with Gasteiger partial charge in [-0.25, -0.2) is 4.98 Å². The van der Waals surface area contributed by atoms with Crippen LogP contribution in [0.4, 0.5) is 5.95 Å². The van der Waals surface area contributed by atoms with E-state index in [2.05, 4.69) is 11.9 Å². The van der Waals surface area contributed by atoms with Crippen molar-refractivity contribution < 1.29 is 9.59 Å². The van der Waals surface area contributed by atoms with Gasteiger partial charge in [-0.3, -0.25) is 9.59 Å². The van der Waals surface area contributed by atoms with Crippen LogP contribution in [0.15, 0.2) is 35.2 Å². The van der Waals surface area contributed by atoms with E-state index in [0.717, 1.165) is 17.5 Å². The summed E-state index contributed by atoms with van der Waals surface area (Å²) in [5, 5.41) is 6.43. The Morgan fingerprint density at radius 1 is 1.19 bits per heavy atom. The standard InChI is InChI=1S/C26H35N7O2S/c1-17-13-32(24(35)26(2,3)4)11-10-20(17)22-29-25(33(30-22)23(34)21-15-36-16-28-21)31(5)14-19-8-6-18(12-27)7-9-19/h6-9,15-17,20H,10-14,27H2,1-5H3. The Morgan fingerprint density at radius 3 is 2.47 bits per heavy atom. The molecule has 2 N–H and O–H groups in total. The van der Waals surface area contributed by atoms with Crippen LogP contribution in [0.2, 0.25) is 0 Å². The molecule has 3 heterocycles. The van der Waals surface area contributed by atoms with E-state index in [9.17, 15) is 9.59 Å². The second-order valence-corrected chi connectivity index (χ2v) is 11.3. The fraction of sp³-hybridized carbons (Fsp3) is 0.500. The van der Waals surface area contributed by atoms with Gasteiger partial charge in [0.15, 0.2) is 5.82 Å². The van der Waals surface area contributed by atoms with Crippen molar-refractivity contribution in [2.75, 3.05) is 25.0 Å². The number of carbonyl (C=O) groups excluding carboxylic acids is 2. The van der Waals surface area contributed by atoms with Gasteiger partial charge in [0, 0.05) is 49.9 Å². The minimum absolute atomic E-state index is 0.0505. The van der Waals surface area contributed by atoms with E-state index in [-0.39, 0.29) is 23.7 Å². The van der Waals surface area contributed by atoms with Gasteiger partial charge in [-0.15, -0.1) is 16.4 Å². The molecule has 10 heteroatoms. The van der Waals surface area contributed by atoms with Crippen molar-refractivity contribution >= 4 is 29.1 Å². The van der Waals surface area contributed by atoms with Crippen LogP contribution in [0.3, 0.4) is 0 Å². The number of amides is 1. The molecule has 0 spiro atoms. The Labute approximate surface area is 216 Å². The predicted octanol–water partition coefficient (Wildman–Crippen LogP) is 3.52. The zero-order chi connectivity index (χ0) is 26.0. The molecule has 0 radical (unpaired) electrons. The number of hydrogen-bond acceptors (Lipinski definition) is 8. The number of benzene rings is 1. The normalized spacial score (nSPS) is 18.3. The third kappa shape index (κ3) is 5.49. The molecule has 0 bridgehead atoms. The van der Waals surface area contributed by atoms with Gasteiger partial charge in [0.05, 0.1) is 5.51 Å². The highest BCUT2D eigenvalue weighted by Crippen LogP contribution is 2.34. The van der Waals surface area contributed by atoms with E-state index in [0.29, 0.717) is 43.6 Å². The first-order valence-corrected chi connectivity index (χ1v) is 13.2. The zero-order valence-corrected chi connectivity index (χ0v) is 22.5. The summed E-state index contributed by atoms with van der Waals surface area (Å²) in [5.74, 6) is 1.18. The first kappa shape index (κ1) is 26.0. The van der Waals surface area contributed by atoms with Crippen LogP contribution in [0, 0.1) is 11.3 Å². The van der Waals surface area contributed by atoms with Crippen LogP contribution >= 0.6 is 11.3 Å². The average molecular weight is 510 g/mol. The number of piperidine rings is 1. The van der Waals surface area contributed by atoms with Gasteiger partial charge in [0.1, 0.15) is 5.69 Å². The number of anilines is 1. The molecule has 2 unspecified atom stereocenters. The van der Waals surface area contributed by atoms with Crippen molar-refractivity contribution in [3.63, 3.8) is 0 Å². The average Bonchev–Trinajstić information content (AvgIpc) is 3.54. The van der Waals surface area contributed by atoms with E-state index >= 15 is 0 Å². The maximum atomic E-state index is 13.3. The molecule has 36 heavy (non-hydrogen) atoms. The minimum Gasteiger partial charge on any atom is -0.342 e. The first-order chi connectivity index (χ1) is 17.1. The molecule has 2 atom stereocenters. The van der Waals surface area contributed by atoms with Crippen molar-refractivity contribution in [2.24, 2.45) is 17.1 Å². The lowest BCUT2D eigenvalue weighted by molar-refractivity contribution is -0.141. The molecule has 2 aromatic heterocycles. The molecular formula is C26H35N7O2S. The number of hydrogen-bond donors (Lipinski definition) is 1. The summed E-state index contributed by atoms with van der Waals surface area (Å²) in [6, 6.07) is 8.08. The quantitative estimate of drug-likeness (QED) is 0.541. The van der Waals surface area contributed by atoms with Crippen molar-refractivity contribution in [3.8, 4) is 0 Å². The van der Waals surface area contributed by atoms with Gasteiger partial charge in [0.2, 0.25) is 11.9 Å². The summed E-state index contributed by atoms with van der Waals surface area (Å²) in [5.41, 5.74) is 9.44. The van der Waals surface area contributed by atoms with Crippen molar-refractivity contribution in [1.29, 1.82) is 0 Å². The number of thiazole rings is 1. The number of nitrogens with zero attached hydrogens (tertiary/aromatic N) is 6. The van der Waals surface area contributed by atoms with Gasteiger partial charge in [-0.05, 0) is 23.5 Å². The first-order valence-electron chi connectivity index (χ1n) is 12.3. The molecule has 1 saturated heterocycles. The summed E-state index contributed by atoms with van der Waals surface area (Å²) in [4.78, 5) is 39.1. The molecule has 1 aliphatic rings. The lowest BCUT2D eigenvalue weighted by Gasteiger charge is -2.38. The van der Waals surface area contributed by atoms with Crippen molar-refractivity contribution in [3.05, 3.63) is 57.8 Å². The van der Waals surface area contributed by atoms with Crippen LogP contribution in [-0.4, -0.2) is 56.6 Å². The van der Waals surface area contributed by atoms with E-state index < -0.39 is 5.41 Å². The lowest BCUT2D eigenvalue weighted by Crippen LogP contribution is -2.46. The molecule has 4 rings (SSSR count). The Balaban J connectivity index is 1.60. The molecule has 192 valence electrons.